The standard InChI is InChI=1S/C14H28N4O2S/c1-6-7-8-9-14(3,4)10-16-21(19,20)12-11(2)18(5)17-13(12)15/h16H,6-10H2,1-5H3,(H2,15,17). The zero-order valence-corrected chi connectivity index (χ0v) is 14.5. The Morgan fingerprint density at radius 2 is 1.95 bits per heavy atom. The van der Waals surface area contributed by atoms with E-state index in [4.69, 9.17) is 5.73 Å². The number of nitrogens with one attached hydrogen (secondary N) is 1. The van der Waals surface area contributed by atoms with Crippen LogP contribution in [0.25, 0.3) is 0 Å². The number of aromatic nitrogens is 2. The molecule has 1 aromatic heterocycles. The van der Waals surface area contributed by atoms with E-state index in [-0.39, 0.29) is 16.1 Å². The number of unbranched alkanes of at least 4 members (excludes halogenated alkanes) is 2. The highest BCUT2D eigenvalue weighted by molar-refractivity contribution is 7.89. The Hall–Kier alpha value is -1.08. The van der Waals surface area contributed by atoms with Gasteiger partial charge in [-0.2, -0.15) is 5.10 Å². The van der Waals surface area contributed by atoms with E-state index in [1.54, 1.807) is 14.0 Å². The molecule has 122 valence electrons. The molecule has 0 radical (unpaired) electrons. The lowest BCUT2D eigenvalue weighted by molar-refractivity contribution is 0.320. The summed E-state index contributed by atoms with van der Waals surface area (Å²) in [7, 11) is -1.94. The van der Waals surface area contributed by atoms with Gasteiger partial charge in [-0.1, -0.05) is 40.0 Å². The average Bonchev–Trinajstić information content (AvgIpc) is 2.62. The van der Waals surface area contributed by atoms with E-state index in [9.17, 15) is 8.42 Å². The summed E-state index contributed by atoms with van der Waals surface area (Å²) in [6.07, 6.45) is 4.43. The van der Waals surface area contributed by atoms with Gasteiger partial charge in [0.05, 0.1) is 5.69 Å². The SMILES string of the molecule is CCCCCC(C)(C)CNS(=O)(=O)c1c(N)nn(C)c1C. The van der Waals surface area contributed by atoms with Crippen molar-refractivity contribution in [2.75, 3.05) is 12.3 Å². The van der Waals surface area contributed by atoms with Crippen molar-refractivity contribution in [1.82, 2.24) is 14.5 Å². The number of nitrogens with two attached hydrogens (primary N) is 1. The lowest BCUT2D eigenvalue weighted by Gasteiger charge is -2.24. The van der Waals surface area contributed by atoms with Crippen molar-refractivity contribution >= 4 is 15.8 Å². The van der Waals surface area contributed by atoms with Crippen molar-refractivity contribution < 1.29 is 8.42 Å². The van der Waals surface area contributed by atoms with E-state index < -0.39 is 10.0 Å². The summed E-state index contributed by atoms with van der Waals surface area (Å²) in [5.74, 6) is 0.0475. The second kappa shape index (κ2) is 6.79. The van der Waals surface area contributed by atoms with Gasteiger partial charge in [0.25, 0.3) is 0 Å². The fraction of sp³-hybridized carbons (Fsp3) is 0.786. The van der Waals surface area contributed by atoms with E-state index in [0.717, 1.165) is 19.3 Å². The first kappa shape index (κ1) is 18.0. The van der Waals surface area contributed by atoms with Crippen LogP contribution in [0, 0.1) is 12.3 Å². The van der Waals surface area contributed by atoms with Gasteiger partial charge in [-0.3, -0.25) is 4.68 Å². The highest BCUT2D eigenvalue weighted by Gasteiger charge is 2.27. The number of rotatable bonds is 8. The van der Waals surface area contributed by atoms with Crippen LogP contribution in [0.4, 0.5) is 5.82 Å². The van der Waals surface area contributed by atoms with Crippen molar-refractivity contribution in [3.63, 3.8) is 0 Å². The molecule has 7 heteroatoms. The molecule has 0 amide bonds. The third-order valence-corrected chi connectivity index (χ3v) is 5.34. The molecule has 0 saturated carbocycles. The van der Waals surface area contributed by atoms with E-state index in [1.807, 2.05) is 0 Å². The van der Waals surface area contributed by atoms with Crippen LogP contribution in [0.1, 0.15) is 52.1 Å². The fourth-order valence-electron chi connectivity index (χ4n) is 2.25. The number of anilines is 1. The lowest BCUT2D eigenvalue weighted by Crippen LogP contribution is -2.34. The van der Waals surface area contributed by atoms with Crippen LogP contribution >= 0.6 is 0 Å². The molecule has 0 aliphatic rings. The normalized spacial score (nSPS) is 12.8. The first-order valence-corrected chi connectivity index (χ1v) is 8.88. The monoisotopic (exact) mass is 316 g/mol. The average molecular weight is 316 g/mol. The third-order valence-electron chi connectivity index (χ3n) is 3.77. The molecule has 3 N–H and O–H groups in total. The summed E-state index contributed by atoms with van der Waals surface area (Å²) in [6, 6.07) is 0. The van der Waals surface area contributed by atoms with E-state index >= 15 is 0 Å². The molecular weight excluding hydrogens is 288 g/mol. The van der Waals surface area contributed by atoms with Crippen molar-refractivity contribution in [2.45, 2.75) is 58.3 Å². The van der Waals surface area contributed by atoms with Gasteiger partial charge >= 0.3 is 0 Å². The van der Waals surface area contributed by atoms with Crippen LogP contribution < -0.4 is 10.5 Å². The lowest BCUT2D eigenvalue weighted by atomic mass is 9.87. The molecule has 0 aliphatic carbocycles. The van der Waals surface area contributed by atoms with Gasteiger partial charge in [-0.15, -0.1) is 0 Å². The summed E-state index contributed by atoms with van der Waals surface area (Å²) in [5.41, 5.74) is 6.18. The number of nitrogen functional groups attached to an aromatic ring is 1. The Morgan fingerprint density at radius 3 is 2.43 bits per heavy atom. The highest BCUT2D eigenvalue weighted by atomic mass is 32.2. The highest BCUT2D eigenvalue weighted by Crippen LogP contribution is 2.25. The fourth-order valence-corrected chi connectivity index (χ4v) is 3.81. The smallest absolute Gasteiger partial charge is 0.246 e. The number of hydrogen-bond acceptors (Lipinski definition) is 4. The summed E-state index contributed by atoms with van der Waals surface area (Å²) < 4.78 is 29.0. The molecule has 0 aromatic carbocycles. The Labute approximate surface area is 128 Å². The maximum Gasteiger partial charge on any atom is 0.246 e. The maximum absolute atomic E-state index is 12.4. The first-order chi connectivity index (χ1) is 9.60. The van der Waals surface area contributed by atoms with Crippen molar-refractivity contribution in [1.29, 1.82) is 0 Å². The molecule has 0 spiro atoms. The minimum absolute atomic E-state index is 0.0475. The summed E-state index contributed by atoms with van der Waals surface area (Å²) >= 11 is 0. The topological polar surface area (TPSA) is 90.0 Å². The Morgan fingerprint density at radius 1 is 1.33 bits per heavy atom. The number of hydrogen-bond donors (Lipinski definition) is 2. The molecule has 6 nitrogen and oxygen atoms in total. The Kier molecular flexibility index (Phi) is 5.81. The predicted molar refractivity (Wildman–Crippen MR) is 85.5 cm³/mol. The molecule has 0 saturated heterocycles. The van der Waals surface area contributed by atoms with Crippen molar-refractivity contribution in [3.8, 4) is 0 Å². The quantitative estimate of drug-likeness (QED) is 0.719. The van der Waals surface area contributed by atoms with Gasteiger partial charge in [-0.05, 0) is 18.8 Å². The molecule has 1 heterocycles. The number of nitrogens with zero attached hydrogens (tertiary/aromatic N) is 2. The molecule has 0 bridgehead atoms. The molecule has 0 aliphatic heterocycles. The minimum atomic E-state index is -3.62. The third kappa shape index (κ3) is 4.71. The van der Waals surface area contributed by atoms with Gasteiger partial charge in [0.1, 0.15) is 4.90 Å². The van der Waals surface area contributed by atoms with Crippen LogP contribution in [0.15, 0.2) is 4.90 Å². The zero-order valence-electron chi connectivity index (χ0n) is 13.7. The van der Waals surface area contributed by atoms with E-state index in [1.165, 1.54) is 11.1 Å². The van der Waals surface area contributed by atoms with Gasteiger partial charge in [-0.25, -0.2) is 13.1 Å². The van der Waals surface area contributed by atoms with Gasteiger partial charge in [0, 0.05) is 13.6 Å². The molecule has 0 fully saturated rings. The van der Waals surface area contributed by atoms with Crippen LogP contribution in [0.3, 0.4) is 0 Å². The van der Waals surface area contributed by atoms with Crippen LogP contribution in [-0.2, 0) is 17.1 Å². The molecule has 21 heavy (non-hydrogen) atoms. The number of aryl methyl sites for hydroxylation is 1. The van der Waals surface area contributed by atoms with Gasteiger partial charge in [0.15, 0.2) is 5.82 Å². The van der Waals surface area contributed by atoms with Gasteiger partial charge < -0.3 is 5.73 Å². The van der Waals surface area contributed by atoms with Crippen LogP contribution in [-0.4, -0.2) is 24.7 Å². The number of sulfonamides is 1. The Bertz CT molecular complexity index is 576. The zero-order chi connectivity index (χ0) is 16.3. The second-order valence-electron chi connectivity index (χ2n) is 6.37. The molecule has 0 unspecified atom stereocenters. The molecule has 0 atom stereocenters. The van der Waals surface area contributed by atoms with Gasteiger partial charge in [0.2, 0.25) is 10.0 Å². The minimum Gasteiger partial charge on any atom is -0.381 e. The molecule has 1 aromatic rings. The summed E-state index contributed by atoms with van der Waals surface area (Å²) in [4.78, 5) is 0.0920. The van der Waals surface area contributed by atoms with E-state index in [0.29, 0.717) is 12.2 Å². The maximum atomic E-state index is 12.4. The van der Waals surface area contributed by atoms with Crippen LogP contribution in [0.2, 0.25) is 0 Å². The summed E-state index contributed by atoms with van der Waals surface area (Å²) in [5, 5.41) is 3.96. The largest absolute Gasteiger partial charge is 0.381 e. The Balaban J connectivity index is 2.77. The molecule has 1 rings (SSSR count). The molecular formula is C14H28N4O2S. The van der Waals surface area contributed by atoms with Crippen molar-refractivity contribution in [2.24, 2.45) is 12.5 Å². The van der Waals surface area contributed by atoms with Crippen molar-refractivity contribution in [3.05, 3.63) is 5.69 Å². The second-order valence-corrected chi connectivity index (χ2v) is 8.07. The van der Waals surface area contributed by atoms with Crippen LogP contribution in [0.5, 0.6) is 0 Å². The first-order valence-electron chi connectivity index (χ1n) is 7.39. The summed E-state index contributed by atoms with van der Waals surface area (Å²) in [6.45, 7) is 8.40. The predicted octanol–water partition coefficient (Wildman–Crippen LogP) is 2.20. The van der Waals surface area contributed by atoms with E-state index in [2.05, 4.69) is 30.6 Å².